The molecule has 1 aromatic carbocycles. The van der Waals surface area contributed by atoms with Gasteiger partial charge >= 0.3 is 0 Å². The fraction of sp³-hybridized carbons (Fsp3) is 0.150. The van der Waals surface area contributed by atoms with Crippen LogP contribution in [-0.4, -0.2) is 42.0 Å². The molecule has 1 atom stereocenters. The van der Waals surface area contributed by atoms with Gasteiger partial charge in [-0.15, -0.1) is 5.10 Å². The number of hydrogen-bond donors (Lipinski definition) is 0. The maximum absolute atomic E-state index is 6.24. The van der Waals surface area contributed by atoms with Gasteiger partial charge in [-0.1, -0.05) is 22.9 Å². The molecule has 1 unspecified atom stereocenters. The third-order valence-corrected chi connectivity index (χ3v) is 5.37. The predicted octanol–water partition coefficient (Wildman–Crippen LogP) is 2.92. The standard InChI is InChI=1S/C20H14ClN7O/c21-12-4-5-15-16(7-12)28-13(9-25-26-28)8-17-19(24-11-27(15)17)20-23-10-18(29-20)14-3-1-2-6-22-14/h1-7,9,11,18H,8,10H2. The van der Waals surface area contributed by atoms with Crippen molar-refractivity contribution in [2.75, 3.05) is 6.54 Å². The SMILES string of the molecule is Clc1ccc2c(c1)-n1nncc1Cc1c(C3=NCC(c4ccccn4)O3)ncn1-2. The van der Waals surface area contributed by atoms with Gasteiger partial charge in [0, 0.05) is 17.6 Å². The molecule has 5 heterocycles. The number of aromatic nitrogens is 6. The first-order valence-corrected chi connectivity index (χ1v) is 9.54. The van der Waals surface area contributed by atoms with Crippen molar-refractivity contribution < 1.29 is 4.74 Å². The lowest BCUT2D eigenvalue weighted by Crippen LogP contribution is -2.11. The van der Waals surface area contributed by atoms with Crippen molar-refractivity contribution >= 4 is 17.5 Å². The van der Waals surface area contributed by atoms with Crippen LogP contribution >= 0.6 is 11.6 Å². The Morgan fingerprint density at radius 2 is 2.07 bits per heavy atom. The van der Waals surface area contributed by atoms with Gasteiger partial charge in [-0.3, -0.25) is 9.55 Å². The Balaban J connectivity index is 1.44. The van der Waals surface area contributed by atoms with Crippen molar-refractivity contribution in [3.63, 3.8) is 0 Å². The van der Waals surface area contributed by atoms with Crippen LogP contribution in [0.4, 0.5) is 0 Å². The first-order chi connectivity index (χ1) is 14.3. The van der Waals surface area contributed by atoms with Crippen molar-refractivity contribution in [1.82, 2.24) is 29.5 Å². The Labute approximate surface area is 170 Å². The molecule has 2 aliphatic heterocycles. The normalized spacial score (nSPS) is 17.0. The molecule has 0 aliphatic carbocycles. The summed E-state index contributed by atoms with van der Waals surface area (Å²) in [6.07, 6.45) is 5.69. The second-order valence-electron chi connectivity index (χ2n) is 6.86. The number of pyridine rings is 1. The van der Waals surface area contributed by atoms with Crippen molar-refractivity contribution in [3.05, 3.63) is 82.9 Å². The van der Waals surface area contributed by atoms with Crippen molar-refractivity contribution in [1.29, 1.82) is 0 Å². The van der Waals surface area contributed by atoms with E-state index >= 15 is 0 Å². The molecule has 0 saturated carbocycles. The van der Waals surface area contributed by atoms with Gasteiger partial charge in [0.2, 0.25) is 5.90 Å². The molecular formula is C20H14ClN7O. The van der Waals surface area contributed by atoms with E-state index in [0.29, 0.717) is 23.9 Å². The van der Waals surface area contributed by atoms with Gasteiger partial charge < -0.3 is 4.74 Å². The summed E-state index contributed by atoms with van der Waals surface area (Å²) in [5.41, 5.74) is 5.27. The van der Waals surface area contributed by atoms with Crippen LogP contribution in [-0.2, 0) is 11.2 Å². The zero-order valence-corrected chi connectivity index (χ0v) is 15.9. The van der Waals surface area contributed by atoms with Crippen LogP contribution < -0.4 is 0 Å². The number of halogens is 1. The van der Waals surface area contributed by atoms with Crippen LogP contribution in [0, 0.1) is 0 Å². The summed E-state index contributed by atoms with van der Waals surface area (Å²) in [4.78, 5) is 13.6. The van der Waals surface area contributed by atoms with Crippen molar-refractivity contribution in [2.45, 2.75) is 12.5 Å². The number of ether oxygens (including phenoxy) is 1. The molecule has 0 fully saturated rings. The number of imidazole rings is 1. The molecule has 4 aromatic rings. The highest BCUT2D eigenvalue weighted by molar-refractivity contribution is 6.30. The van der Waals surface area contributed by atoms with Gasteiger partial charge in [0.05, 0.1) is 41.2 Å². The molecule has 142 valence electrons. The van der Waals surface area contributed by atoms with Crippen LogP contribution in [0.3, 0.4) is 0 Å². The summed E-state index contributed by atoms with van der Waals surface area (Å²) in [5.74, 6) is 0.533. The average molecular weight is 404 g/mol. The van der Waals surface area contributed by atoms with Crippen molar-refractivity contribution in [2.24, 2.45) is 4.99 Å². The smallest absolute Gasteiger partial charge is 0.238 e. The Kier molecular flexibility index (Phi) is 3.54. The Hall–Kier alpha value is -3.52. The second kappa shape index (κ2) is 6.25. The van der Waals surface area contributed by atoms with E-state index in [1.807, 2.05) is 45.6 Å². The predicted molar refractivity (Wildman–Crippen MR) is 106 cm³/mol. The molecule has 29 heavy (non-hydrogen) atoms. The number of rotatable bonds is 2. The largest absolute Gasteiger partial charge is 0.464 e. The zero-order chi connectivity index (χ0) is 19.4. The minimum Gasteiger partial charge on any atom is -0.464 e. The van der Waals surface area contributed by atoms with Gasteiger partial charge in [-0.05, 0) is 30.3 Å². The van der Waals surface area contributed by atoms with Gasteiger partial charge in [0.15, 0.2) is 6.10 Å². The van der Waals surface area contributed by atoms with E-state index in [-0.39, 0.29) is 6.10 Å². The molecule has 0 spiro atoms. The topological polar surface area (TPSA) is 83.0 Å². The van der Waals surface area contributed by atoms with E-state index in [1.165, 1.54) is 0 Å². The molecule has 8 nitrogen and oxygen atoms in total. The number of aliphatic imine (C=N–C) groups is 1. The van der Waals surface area contributed by atoms with Gasteiger partial charge in [-0.2, -0.15) is 0 Å². The highest BCUT2D eigenvalue weighted by atomic mass is 35.5. The molecule has 9 heteroatoms. The number of nitrogens with zero attached hydrogens (tertiary/aromatic N) is 7. The summed E-state index contributed by atoms with van der Waals surface area (Å²) in [7, 11) is 0. The quantitative estimate of drug-likeness (QED) is 0.452. The third kappa shape index (κ3) is 2.56. The third-order valence-electron chi connectivity index (χ3n) is 5.13. The Bertz CT molecular complexity index is 1260. The molecule has 0 amide bonds. The zero-order valence-electron chi connectivity index (χ0n) is 15.1. The lowest BCUT2D eigenvalue weighted by atomic mass is 10.2. The molecule has 3 aromatic heterocycles. The molecule has 0 radical (unpaired) electrons. The minimum atomic E-state index is -0.201. The molecular weight excluding hydrogens is 390 g/mol. The van der Waals surface area contributed by atoms with Crippen LogP contribution in [0.2, 0.25) is 5.02 Å². The van der Waals surface area contributed by atoms with Crippen molar-refractivity contribution in [3.8, 4) is 11.4 Å². The number of hydrogen-bond acceptors (Lipinski definition) is 6. The number of fused-ring (bicyclic) bond motifs is 5. The summed E-state index contributed by atoms with van der Waals surface area (Å²) in [6, 6.07) is 11.5. The second-order valence-corrected chi connectivity index (χ2v) is 7.30. The van der Waals surface area contributed by atoms with E-state index in [4.69, 9.17) is 16.3 Å². The van der Waals surface area contributed by atoms with Gasteiger partial charge in [-0.25, -0.2) is 14.7 Å². The summed E-state index contributed by atoms with van der Waals surface area (Å²) < 4.78 is 9.98. The molecule has 0 saturated heterocycles. The molecule has 2 aliphatic rings. The molecule has 0 bridgehead atoms. The minimum absolute atomic E-state index is 0.201. The summed E-state index contributed by atoms with van der Waals surface area (Å²) in [5, 5.41) is 8.96. The summed E-state index contributed by atoms with van der Waals surface area (Å²) in [6.45, 7) is 0.518. The molecule has 0 N–H and O–H groups in total. The molecule has 6 rings (SSSR count). The summed E-state index contributed by atoms with van der Waals surface area (Å²) >= 11 is 6.24. The van der Waals surface area contributed by atoms with Crippen LogP contribution in [0.25, 0.3) is 11.4 Å². The highest BCUT2D eigenvalue weighted by Gasteiger charge is 2.30. The van der Waals surface area contributed by atoms with Gasteiger partial charge in [0.25, 0.3) is 0 Å². The highest BCUT2D eigenvalue weighted by Crippen LogP contribution is 2.32. The van der Waals surface area contributed by atoms with Crippen LogP contribution in [0.5, 0.6) is 0 Å². The monoisotopic (exact) mass is 403 g/mol. The van der Waals surface area contributed by atoms with E-state index in [2.05, 4.69) is 25.3 Å². The van der Waals surface area contributed by atoms with E-state index in [1.54, 1.807) is 18.7 Å². The van der Waals surface area contributed by atoms with Crippen LogP contribution in [0.1, 0.15) is 28.9 Å². The lowest BCUT2D eigenvalue weighted by Gasteiger charge is -2.11. The number of benzene rings is 1. The lowest BCUT2D eigenvalue weighted by molar-refractivity contribution is 0.224. The first kappa shape index (κ1) is 16.4. The maximum Gasteiger partial charge on any atom is 0.238 e. The van der Waals surface area contributed by atoms with Gasteiger partial charge in [0.1, 0.15) is 12.0 Å². The average Bonchev–Trinajstić information content (AvgIpc) is 3.48. The van der Waals surface area contributed by atoms with E-state index in [9.17, 15) is 0 Å². The Morgan fingerprint density at radius 1 is 1.10 bits per heavy atom. The maximum atomic E-state index is 6.24. The fourth-order valence-corrected chi connectivity index (χ4v) is 3.94. The fourth-order valence-electron chi connectivity index (χ4n) is 3.78. The van der Waals surface area contributed by atoms with E-state index in [0.717, 1.165) is 34.2 Å². The first-order valence-electron chi connectivity index (χ1n) is 9.16. The van der Waals surface area contributed by atoms with Crippen LogP contribution in [0.15, 0.2) is 60.1 Å². The Morgan fingerprint density at radius 3 is 2.97 bits per heavy atom. The van der Waals surface area contributed by atoms with E-state index < -0.39 is 0 Å².